The lowest BCUT2D eigenvalue weighted by atomic mass is 10.3. The molecule has 17 heavy (non-hydrogen) atoms. The van der Waals surface area contributed by atoms with Gasteiger partial charge in [0.2, 0.25) is 0 Å². The number of halogens is 1. The molecule has 2 N–H and O–H groups in total. The van der Waals surface area contributed by atoms with Gasteiger partial charge in [0.1, 0.15) is 5.82 Å². The molecule has 0 aliphatic rings. The highest BCUT2D eigenvalue weighted by atomic mass is 19.1. The van der Waals surface area contributed by atoms with E-state index in [1.807, 2.05) is 6.92 Å². The average Bonchev–Trinajstić information content (AvgIpc) is 2.33. The molecule has 0 radical (unpaired) electrons. The predicted molar refractivity (Wildman–Crippen MR) is 64.4 cm³/mol. The molecule has 1 aromatic carbocycles. The van der Waals surface area contributed by atoms with Crippen LogP contribution in [0.5, 0.6) is 0 Å². The lowest BCUT2D eigenvalue weighted by Crippen LogP contribution is -2.35. The van der Waals surface area contributed by atoms with Crippen molar-refractivity contribution in [3.63, 3.8) is 0 Å². The van der Waals surface area contributed by atoms with E-state index in [-0.39, 0.29) is 18.5 Å². The first-order valence-corrected chi connectivity index (χ1v) is 5.59. The Morgan fingerprint density at radius 3 is 2.59 bits per heavy atom. The summed E-state index contributed by atoms with van der Waals surface area (Å²) >= 11 is 0. The third-order valence-corrected chi connectivity index (χ3v) is 2.35. The number of nitrogens with zero attached hydrogens (tertiary/aromatic N) is 1. The smallest absolute Gasteiger partial charge is 0.321 e. The number of aliphatic hydroxyl groups excluding tert-OH is 1. The Balaban J connectivity index is 2.54. The maximum absolute atomic E-state index is 12.7. The quantitative estimate of drug-likeness (QED) is 0.827. The number of hydrogen-bond donors (Lipinski definition) is 2. The number of anilines is 1. The van der Waals surface area contributed by atoms with Gasteiger partial charge in [0, 0.05) is 25.4 Å². The van der Waals surface area contributed by atoms with E-state index < -0.39 is 0 Å². The van der Waals surface area contributed by atoms with E-state index in [0.29, 0.717) is 25.2 Å². The number of carbonyl (C=O) groups is 1. The number of hydrogen-bond acceptors (Lipinski definition) is 2. The molecule has 0 heterocycles. The monoisotopic (exact) mass is 240 g/mol. The number of benzene rings is 1. The van der Waals surface area contributed by atoms with Crippen LogP contribution >= 0.6 is 0 Å². The lowest BCUT2D eigenvalue weighted by Gasteiger charge is -2.20. The Morgan fingerprint density at radius 2 is 2.06 bits per heavy atom. The van der Waals surface area contributed by atoms with Crippen LogP contribution in [0, 0.1) is 5.82 Å². The first kappa shape index (κ1) is 13.4. The van der Waals surface area contributed by atoms with Crippen molar-refractivity contribution in [1.82, 2.24) is 4.90 Å². The summed E-state index contributed by atoms with van der Waals surface area (Å²) in [5.41, 5.74) is 0.554. The van der Waals surface area contributed by atoms with Gasteiger partial charge in [0.05, 0.1) is 0 Å². The van der Waals surface area contributed by atoms with E-state index in [2.05, 4.69) is 5.32 Å². The number of amides is 2. The van der Waals surface area contributed by atoms with Crippen LogP contribution in [0.25, 0.3) is 0 Å². The van der Waals surface area contributed by atoms with Gasteiger partial charge in [-0.1, -0.05) is 0 Å². The second kappa shape index (κ2) is 6.85. The molecule has 4 nitrogen and oxygen atoms in total. The molecule has 0 aliphatic carbocycles. The molecule has 0 atom stereocenters. The maximum atomic E-state index is 12.7. The second-order valence-electron chi connectivity index (χ2n) is 3.59. The number of nitrogens with one attached hydrogen (secondary N) is 1. The molecule has 0 aliphatic heterocycles. The molecule has 0 fully saturated rings. The summed E-state index contributed by atoms with van der Waals surface area (Å²) in [7, 11) is 0. The zero-order valence-corrected chi connectivity index (χ0v) is 9.82. The second-order valence-corrected chi connectivity index (χ2v) is 3.59. The van der Waals surface area contributed by atoms with Gasteiger partial charge in [-0.3, -0.25) is 0 Å². The number of rotatable bonds is 5. The van der Waals surface area contributed by atoms with E-state index in [9.17, 15) is 9.18 Å². The highest BCUT2D eigenvalue weighted by molar-refractivity contribution is 5.89. The van der Waals surface area contributed by atoms with Crippen LogP contribution < -0.4 is 5.32 Å². The van der Waals surface area contributed by atoms with E-state index >= 15 is 0 Å². The first-order chi connectivity index (χ1) is 8.17. The van der Waals surface area contributed by atoms with Gasteiger partial charge < -0.3 is 15.3 Å². The summed E-state index contributed by atoms with van der Waals surface area (Å²) in [6, 6.07) is 5.35. The predicted octanol–water partition coefficient (Wildman–Crippen LogP) is 2.06. The van der Waals surface area contributed by atoms with Gasteiger partial charge in [-0.25, -0.2) is 9.18 Å². The molecule has 5 heteroatoms. The standard InChI is InChI=1S/C12H17FN2O2/c1-2-15(8-3-9-16)12(17)14-11-6-4-10(13)5-7-11/h4-7,16H,2-3,8-9H2,1H3,(H,14,17). The van der Waals surface area contributed by atoms with Crippen LogP contribution in [0.15, 0.2) is 24.3 Å². The largest absolute Gasteiger partial charge is 0.396 e. The molecule has 0 bridgehead atoms. The van der Waals surface area contributed by atoms with Crippen LogP contribution in [0.2, 0.25) is 0 Å². The zero-order chi connectivity index (χ0) is 12.7. The Morgan fingerprint density at radius 1 is 1.41 bits per heavy atom. The fraction of sp³-hybridized carbons (Fsp3) is 0.417. The van der Waals surface area contributed by atoms with Crippen molar-refractivity contribution in [2.45, 2.75) is 13.3 Å². The van der Waals surface area contributed by atoms with E-state index in [1.54, 1.807) is 4.90 Å². The van der Waals surface area contributed by atoms with Gasteiger partial charge >= 0.3 is 6.03 Å². The highest BCUT2D eigenvalue weighted by Crippen LogP contribution is 2.09. The summed E-state index contributed by atoms with van der Waals surface area (Å²) in [6.45, 7) is 2.98. The number of aliphatic hydroxyl groups is 1. The molecule has 0 unspecified atom stereocenters. The van der Waals surface area contributed by atoms with E-state index in [0.717, 1.165) is 0 Å². The van der Waals surface area contributed by atoms with Crippen LogP contribution in [0.4, 0.5) is 14.9 Å². The van der Waals surface area contributed by atoms with Crippen molar-refractivity contribution in [2.24, 2.45) is 0 Å². The molecule has 1 rings (SSSR count). The van der Waals surface area contributed by atoms with Crippen molar-refractivity contribution in [1.29, 1.82) is 0 Å². The summed E-state index contributed by atoms with van der Waals surface area (Å²) in [6.07, 6.45) is 0.546. The van der Waals surface area contributed by atoms with Crippen molar-refractivity contribution < 1.29 is 14.3 Å². The summed E-state index contributed by atoms with van der Waals surface area (Å²) in [5, 5.41) is 11.4. The molecule has 0 saturated carbocycles. The highest BCUT2D eigenvalue weighted by Gasteiger charge is 2.10. The Bertz CT molecular complexity index is 354. The Kier molecular flexibility index (Phi) is 5.42. The molecule has 94 valence electrons. The summed E-state index contributed by atoms with van der Waals surface area (Å²) < 4.78 is 12.7. The molecular weight excluding hydrogens is 223 g/mol. The third kappa shape index (κ3) is 4.40. The maximum Gasteiger partial charge on any atom is 0.321 e. The topological polar surface area (TPSA) is 52.6 Å². The Labute approximate surface area is 100 Å². The number of urea groups is 1. The fourth-order valence-corrected chi connectivity index (χ4v) is 1.40. The number of carbonyl (C=O) groups excluding carboxylic acids is 1. The van der Waals surface area contributed by atoms with Gasteiger partial charge in [-0.15, -0.1) is 0 Å². The van der Waals surface area contributed by atoms with Gasteiger partial charge in [-0.05, 0) is 37.6 Å². The molecule has 2 amide bonds. The minimum atomic E-state index is -0.337. The van der Waals surface area contributed by atoms with Gasteiger partial charge in [-0.2, -0.15) is 0 Å². The normalized spacial score (nSPS) is 10.1. The van der Waals surface area contributed by atoms with Gasteiger partial charge in [0.25, 0.3) is 0 Å². The van der Waals surface area contributed by atoms with Crippen LogP contribution in [0.3, 0.4) is 0 Å². The average molecular weight is 240 g/mol. The van der Waals surface area contributed by atoms with Crippen LogP contribution in [-0.4, -0.2) is 35.7 Å². The minimum absolute atomic E-state index is 0.0559. The third-order valence-electron chi connectivity index (χ3n) is 2.35. The van der Waals surface area contributed by atoms with Crippen LogP contribution in [0.1, 0.15) is 13.3 Å². The molecular formula is C12H17FN2O2. The van der Waals surface area contributed by atoms with E-state index in [4.69, 9.17) is 5.11 Å². The first-order valence-electron chi connectivity index (χ1n) is 5.59. The molecule has 0 saturated heterocycles. The lowest BCUT2D eigenvalue weighted by molar-refractivity contribution is 0.205. The zero-order valence-electron chi connectivity index (χ0n) is 9.82. The molecule has 0 aromatic heterocycles. The van der Waals surface area contributed by atoms with Crippen molar-refractivity contribution in [3.8, 4) is 0 Å². The SMILES string of the molecule is CCN(CCCO)C(=O)Nc1ccc(F)cc1. The van der Waals surface area contributed by atoms with Crippen LogP contribution in [-0.2, 0) is 0 Å². The van der Waals surface area contributed by atoms with Crippen molar-refractivity contribution in [3.05, 3.63) is 30.1 Å². The summed E-state index contributed by atoms with van der Waals surface area (Å²) in [5.74, 6) is -0.337. The van der Waals surface area contributed by atoms with E-state index in [1.165, 1.54) is 24.3 Å². The minimum Gasteiger partial charge on any atom is -0.396 e. The fourth-order valence-electron chi connectivity index (χ4n) is 1.40. The van der Waals surface area contributed by atoms with Gasteiger partial charge in [0.15, 0.2) is 0 Å². The van der Waals surface area contributed by atoms with Crippen molar-refractivity contribution in [2.75, 3.05) is 25.0 Å². The van der Waals surface area contributed by atoms with Crippen molar-refractivity contribution >= 4 is 11.7 Å². The Hall–Kier alpha value is -1.62. The summed E-state index contributed by atoms with van der Waals surface area (Å²) in [4.78, 5) is 13.4. The molecule has 0 spiro atoms. The molecule has 1 aromatic rings.